The molecule has 4 nitrogen and oxygen atoms in total. The third kappa shape index (κ3) is 2.03. The van der Waals surface area contributed by atoms with Gasteiger partial charge in [0.05, 0.1) is 12.2 Å². The number of carbonyl (C=O) groups excluding carboxylic acids is 1. The average molecular weight is 291 g/mol. The fraction of sp³-hybridized carbons (Fsp3) is 0.733. The second kappa shape index (κ2) is 4.45. The number of carbonyl (C=O) groups is 1. The van der Waals surface area contributed by atoms with E-state index in [1.165, 1.54) is 30.6 Å². The first kappa shape index (κ1) is 12.6. The van der Waals surface area contributed by atoms with Crippen molar-refractivity contribution >= 4 is 22.4 Å². The Kier molecular flexibility index (Phi) is 2.81. The minimum Gasteiger partial charge on any atom is -0.375 e. The van der Waals surface area contributed by atoms with E-state index in [2.05, 4.69) is 10.3 Å². The van der Waals surface area contributed by atoms with E-state index in [-0.39, 0.29) is 11.3 Å². The molecule has 4 fully saturated rings. The van der Waals surface area contributed by atoms with Crippen molar-refractivity contribution in [3.63, 3.8) is 0 Å². The van der Waals surface area contributed by atoms with Crippen molar-refractivity contribution in [2.75, 3.05) is 5.73 Å². The van der Waals surface area contributed by atoms with Gasteiger partial charge in [0.2, 0.25) is 5.91 Å². The van der Waals surface area contributed by atoms with E-state index in [1.807, 2.05) is 5.38 Å². The second-order valence-electron chi connectivity index (χ2n) is 7.06. The molecule has 0 unspecified atom stereocenters. The van der Waals surface area contributed by atoms with Crippen LogP contribution in [0.5, 0.6) is 0 Å². The minimum absolute atomic E-state index is 0.0592. The van der Waals surface area contributed by atoms with Crippen LogP contribution in [0.25, 0.3) is 0 Å². The Bertz CT molecular complexity index is 504. The topological polar surface area (TPSA) is 68.0 Å². The number of anilines is 1. The lowest BCUT2D eigenvalue weighted by Crippen LogP contribution is -2.53. The highest BCUT2D eigenvalue weighted by atomic mass is 32.1. The first-order valence-electron chi connectivity index (χ1n) is 7.61. The predicted octanol–water partition coefficient (Wildman–Crippen LogP) is 2.56. The quantitative estimate of drug-likeness (QED) is 0.899. The zero-order valence-electron chi connectivity index (χ0n) is 11.6. The van der Waals surface area contributed by atoms with E-state index < -0.39 is 0 Å². The number of rotatable bonds is 3. The van der Waals surface area contributed by atoms with Crippen molar-refractivity contribution < 1.29 is 4.79 Å². The number of nitrogens with zero attached hydrogens (tertiary/aromatic N) is 1. The van der Waals surface area contributed by atoms with E-state index >= 15 is 0 Å². The molecule has 1 aromatic heterocycles. The maximum atomic E-state index is 12.7. The summed E-state index contributed by atoms with van der Waals surface area (Å²) in [7, 11) is 0. The SMILES string of the molecule is Nc1nc(CNC(=O)C23CC4CC(CC(C4)C2)C3)cs1. The van der Waals surface area contributed by atoms with Gasteiger partial charge in [-0.3, -0.25) is 4.79 Å². The van der Waals surface area contributed by atoms with E-state index in [4.69, 9.17) is 5.73 Å². The summed E-state index contributed by atoms with van der Waals surface area (Å²) in [5.41, 5.74) is 6.45. The number of hydrogen-bond donors (Lipinski definition) is 2. The monoisotopic (exact) mass is 291 g/mol. The van der Waals surface area contributed by atoms with Crippen molar-refractivity contribution in [1.82, 2.24) is 10.3 Å². The zero-order valence-corrected chi connectivity index (χ0v) is 12.4. The number of nitrogen functional groups attached to an aromatic ring is 1. The summed E-state index contributed by atoms with van der Waals surface area (Å²) in [5, 5.41) is 5.62. The van der Waals surface area contributed by atoms with Crippen molar-refractivity contribution in [1.29, 1.82) is 0 Å². The standard InChI is InChI=1S/C15H21N3OS/c16-14-18-12(8-20-14)7-17-13(19)15-4-9-1-10(5-15)3-11(2-9)6-15/h8-11H,1-7H2,(H2,16,18)(H,17,19). The zero-order chi connectivity index (χ0) is 13.7. The van der Waals surface area contributed by atoms with Gasteiger partial charge in [0.15, 0.2) is 5.13 Å². The molecular weight excluding hydrogens is 270 g/mol. The molecular formula is C15H21N3OS. The van der Waals surface area contributed by atoms with Gasteiger partial charge in [-0.05, 0) is 56.3 Å². The Morgan fingerprint density at radius 1 is 1.30 bits per heavy atom. The molecule has 0 radical (unpaired) electrons. The molecule has 5 heteroatoms. The molecule has 4 bridgehead atoms. The lowest BCUT2D eigenvalue weighted by molar-refractivity contribution is -0.146. The smallest absolute Gasteiger partial charge is 0.226 e. The first-order valence-corrected chi connectivity index (χ1v) is 8.49. The highest BCUT2D eigenvalue weighted by Crippen LogP contribution is 2.60. The fourth-order valence-electron chi connectivity index (χ4n) is 5.15. The summed E-state index contributed by atoms with van der Waals surface area (Å²) >= 11 is 1.43. The van der Waals surface area contributed by atoms with Gasteiger partial charge in [0.1, 0.15) is 0 Å². The summed E-state index contributed by atoms with van der Waals surface area (Å²) in [6.07, 6.45) is 7.46. The van der Waals surface area contributed by atoms with Gasteiger partial charge in [-0.15, -0.1) is 11.3 Å². The molecule has 108 valence electrons. The molecule has 1 heterocycles. The van der Waals surface area contributed by atoms with Gasteiger partial charge in [-0.1, -0.05) is 0 Å². The summed E-state index contributed by atoms with van der Waals surface area (Å²) in [5.74, 6) is 2.69. The van der Waals surface area contributed by atoms with Gasteiger partial charge < -0.3 is 11.1 Å². The molecule has 0 saturated heterocycles. The largest absolute Gasteiger partial charge is 0.375 e. The van der Waals surface area contributed by atoms with Gasteiger partial charge in [0.25, 0.3) is 0 Å². The number of nitrogens with two attached hydrogens (primary N) is 1. The Morgan fingerprint density at radius 3 is 2.40 bits per heavy atom. The lowest BCUT2D eigenvalue weighted by Gasteiger charge is -2.55. The van der Waals surface area contributed by atoms with Crippen molar-refractivity contribution in [2.45, 2.75) is 45.1 Å². The molecule has 0 atom stereocenters. The van der Waals surface area contributed by atoms with Crippen LogP contribution in [0.15, 0.2) is 5.38 Å². The molecule has 5 rings (SSSR count). The summed E-state index contributed by atoms with van der Waals surface area (Å²) in [4.78, 5) is 16.9. The Labute approximate surface area is 123 Å². The van der Waals surface area contributed by atoms with Crippen LogP contribution >= 0.6 is 11.3 Å². The van der Waals surface area contributed by atoms with Crippen molar-refractivity contribution in [2.24, 2.45) is 23.2 Å². The van der Waals surface area contributed by atoms with Gasteiger partial charge in [-0.25, -0.2) is 4.98 Å². The van der Waals surface area contributed by atoms with E-state index in [1.54, 1.807) is 0 Å². The number of thiazole rings is 1. The van der Waals surface area contributed by atoms with Crippen LogP contribution < -0.4 is 11.1 Å². The van der Waals surface area contributed by atoms with Crippen LogP contribution in [0.3, 0.4) is 0 Å². The third-order valence-corrected chi connectivity index (χ3v) is 6.24. The Hall–Kier alpha value is -1.10. The summed E-state index contributed by atoms with van der Waals surface area (Å²) in [6.45, 7) is 0.522. The summed E-state index contributed by atoms with van der Waals surface area (Å²) in [6, 6.07) is 0. The number of hydrogen-bond acceptors (Lipinski definition) is 4. The Balaban J connectivity index is 1.45. The lowest BCUT2D eigenvalue weighted by atomic mass is 9.49. The first-order chi connectivity index (χ1) is 9.63. The number of amides is 1. The van der Waals surface area contributed by atoms with Crippen LogP contribution in [0.2, 0.25) is 0 Å². The molecule has 4 aliphatic carbocycles. The van der Waals surface area contributed by atoms with Gasteiger partial charge in [0, 0.05) is 10.8 Å². The molecule has 3 N–H and O–H groups in total. The minimum atomic E-state index is -0.0592. The Morgan fingerprint density at radius 2 is 1.90 bits per heavy atom. The molecule has 0 spiro atoms. The molecule has 20 heavy (non-hydrogen) atoms. The molecule has 1 aromatic rings. The number of nitrogens with one attached hydrogen (secondary N) is 1. The molecule has 1 amide bonds. The van der Waals surface area contributed by atoms with Crippen molar-refractivity contribution in [3.05, 3.63) is 11.1 Å². The molecule has 0 aliphatic heterocycles. The van der Waals surface area contributed by atoms with Crippen LogP contribution in [0.4, 0.5) is 5.13 Å². The van der Waals surface area contributed by atoms with Crippen LogP contribution in [0.1, 0.15) is 44.2 Å². The van der Waals surface area contributed by atoms with Crippen LogP contribution in [-0.2, 0) is 11.3 Å². The number of aromatic nitrogens is 1. The average Bonchev–Trinajstić information content (AvgIpc) is 2.80. The summed E-state index contributed by atoms with van der Waals surface area (Å²) < 4.78 is 0. The maximum Gasteiger partial charge on any atom is 0.226 e. The van der Waals surface area contributed by atoms with Crippen LogP contribution in [0, 0.1) is 23.2 Å². The van der Waals surface area contributed by atoms with E-state index in [0.717, 1.165) is 42.7 Å². The van der Waals surface area contributed by atoms with Crippen molar-refractivity contribution in [3.8, 4) is 0 Å². The van der Waals surface area contributed by atoms with Gasteiger partial charge in [-0.2, -0.15) is 0 Å². The highest BCUT2D eigenvalue weighted by molar-refractivity contribution is 7.13. The second-order valence-corrected chi connectivity index (χ2v) is 7.95. The van der Waals surface area contributed by atoms with E-state index in [9.17, 15) is 4.79 Å². The third-order valence-electron chi connectivity index (χ3n) is 5.52. The fourth-order valence-corrected chi connectivity index (χ4v) is 5.71. The maximum absolute atomic E-state index is 12.7. The predicted molar refractivity (Wildman–Crippen MR) is 79.0 cm³/mol. The molecule has 0 aromatic carbocycles. The van der Waals surface area contributed by atoms with Gasteiger partial charge >= 0.3 is 0 Å². The molecule has 4 saturated carbocycles. The highest BCUT2D eigenvalue weighted by Gasteiger charge is 2.54. The normalized spacial score (nSPS) is 38.1. The molecule has 4 aliphatic rings. The van der Waals surface area contributed by atoms with E-state index in [0.29, 0.717) is 11.7 Å². The van der Waals surface area contributed by atoms with Crippen LogP contribution in [-0.4, -0.2) is 10.9 Å².